The Hall–Kier alpha value is -1.81. The zero-order valence-corrected chi connectivity index (χ0v) is 13.1. The summed E-state index contributed by atoms with van der Waals surface area (Å²) >= 11 is 0. The van der Waals surface area contributed by atoms with Crippen molar-refractivity contribution >= 4 is 20.0 Å². The van der Waals surface area contributed by atoms with Crippen molar-refractivity contribution in [2.24, 2.45) is 5.14 Å². The molecule has 3 N–H and O–H groups in total. The predicted octanol–water partition coefficient (Wildman–Crippen LogP) is 0.250. The molecule has 0 spiro atoms. The van der Waals surface area contributed by atoms with Gasteiger partial charge in [0.15, 0.2) is 0 Å². The van der Waals surface area contributed by atoms with Gasteiger partial charge in [-0.05, 0) is 36.2 Å². The van der Waals surface area contributed by atoms with Crippen LogP contribution >= 0.6 is 0 Å². The Labute approximate surface area is 129 Å². The minimum Gasteiger partial charge on any atom is -0.264 e. The Morgan fingerprint density at radius 1 is 1.05 bits per heavy atom. The number of hydrogen-bond donors (Lipinski definition) is 2. The predicted molar refractivity (Wildman–Crippen MR) is 80.9 cm³/mol. The van der Waals surface area contributed by atoms with E-state index in [1.54, 1.807) is 18.5 Å². The topological polar surface area (TPSA) is 119 Å². The molecule has 7 nitrogen and oxygen atoms in total. The average molecular weight is 341 g/mol. The zero-order valence-electron chi connectivity index (χ0n) is 11.5. The third kappa shape index (κ3) is 4.34. The lowest BCUT2D eigenvalue weighted by Gasteiger charge is -2.08. The SMILES string of the molecule is NS(=O)(=O)c1cccc(S(=O)(=O)NCCc2cccnc2)c1. The largest absolute Gasteiger partial charge is 0.264 e. The van der Waals surface area contributed by atoms with Gasteiger partial charge in [0.2, 0.25) is 20.0 Å². The Kier molecular flexibility index (Phi) is 4.91. The first-order valence-corrected chi connectivity index (χ1v) is 9.33. The van der Waals surface area contributed by atoms with Crippen LogP contribution in [0.25, 0.3) is 0 Å². The first kappa shape index (κ1) is 16.6. The molecular weight excluding hydrogens is 326 g/mol. The van der Waals surface area contributed by atoms with E-state index in [1.165, 1.54) is 18.2 Å². The Balaban J connectivity index is 2.11. The second-order valence-electron chi connectivity index (χ2n) is 4.53. The highest BCUT2D eigenvalue weighted by Gasteiger charge is 2.16. The van der Waals surface area contributed by atoms with Crippen molar-refractivity contribution in [3.8, 4) is 0 Å². The minimum atomic E-state index is -3.95. The minimum absolute atomic E-state index is 0.148. The van der Waals surface area contributed by atoms with Crippen molar-refractivity contribution in [2.45, 2.75) is 16.2 Å². The summed E-state index contributed by atoms with van der Waals surface area (Å²) in [6.07, 6.45) is 3.75. The normalized spacial score (nSPS) is 12.2. The van der Waals surface area contributed by atoms with E-state index >= 15 is 0 Å². The molecule has 0 aliphatic carbocycles. The molecule has 0 saturated heterocycles. The molecule has 118 valence electrons. The van der Waals surface area contributed by atoms with E-state index in [-0.39, 0.29) is 16.3 Å². The summed E-state index contributed by atoms with van der Waals surface area (Å²) in [5.74, 6) is 0. The summed E-state index contributed by atoms with van der Waals surface area (Å²) in [5, 5.41) is 5.00. The molecule has 0 unspecified atom stereocenters. The van der Waals surface area contributed by atoms with Gasteiger partial charge in [-0.25, -0.2) is 26.7 Å². The molecule has 0 atom stereocenters. The fourth-order valence-corrected chi connectivity index (χ4v) is 3.49. The monoisotopic (exact) mass is 341 g/mol. The van der Waals surface area contributed by atoms with Crippen LogP contribution in [0, 0.1) is 0 Å². The van der Waals surface area contributed by atoms with Crippen molar-refractivity contribution in [3.05, 3.63) is 54.4 Å². The van der Waals surface area contributed by atoms with Crippen LogP contribution in [0.3, 0.4) is 0 Å². The third-order valence-corrected chi connectivity index (χ3v) is 5.24. The van der Waals surface area contributed by atoms with Crippen molar-refractivity contribution in [2.75, 3.05) is 6.54 Å². The third-order valence-electron chi connectivity index (χ3n) is 2.87. The Morgan fingerprint density at radius 3 is 2.41 bits per heavy atom. The lowest BCUT2D eigenvalue weighted by Crippen LogP contribution is -2.26. The Bertz CT molecular complexity index is 850. The van der Waals surface area contributed by atoms with Crippen LogP contribution in [0.15, 0.2) is 58.6 Å². The molecule has 0 radical (unpaired) electrons. The molecular formula is C13H15N3O4S2. The summed E-state index contributed by atoms with van der Waals surface area (Å²) in [6, 6.07) is 8.50. The van der Waals surface area contributed by atoms with E-state index in [9.17, 15) is 16.8 Å². The number of hydrogen-bond acceptors (Lipinski definition) is 5. The van der Waals surface area contributed by atoms with Gasteiger partial charge in [-0.1, -0.05) is 12.1 Å². The van der Waals surface area contributed by atoms with Gasteiger partial charge in [-0.15, -0.1) is 0 Å². The van der Waals surface area contributed by atoms with E-state index in [4.69, 9.17) is 5.14 Å². The van der Waals surface area contributed by atoms with Gasteiger partial charge in [0.1, 0.15) is 0 Å². The van der Waals surface area contributed by atoms with Crippen LogP contribution in [0.5, 0.6) is 0 Å². The van der Waals surface area contributed by atoms with Crippen LogP contribution in [0.1, 0.15) is 5.56 Å². The highest BCUT2D eigenvalue weighted by molar-refractivity contribution is 7.90. The van der Waals surface area contributed by atoms with Crippen LogP contribution in [0.2, 0.25) is 0 Å². The summed E-state index contributed by atoms with van der Waals surface area (Å²) in [4.78, 5) is 3.54. The maximum absolute atomic E-state index is 12.1. The van der Waals surface area contributed by atoms with Gasteiger partial charge in [0, 0.05) is 18.9 Å². The number of pyridine rings is 1. The smallest absolute Gasteiger partial charge is 0.240 e. The molecule has 0 fully saturated rings. The molecule has 0 aliphatic rings. The first-order valence-electron chi connectivity index (χ1n) is 6.30. The number of rotatable bonds is 6. The lowest BCUT2D eigenvalue weighted by atomic mass is 10.2. The number of benzene rings is 1. The van der Waals surface area contributed by atoms with Gasteiger partial charge in [0.25, 0.3) is 0 Å². The quantitative estimate of drug-likeness (QED) is 0.780. The molecule has 2 aromatic rings. The number of aromatic nitrogens is 1. The highest BCUT2D eigenvalue weighted by atomic mass is 32.2. The number of nitrogens with one attached hydrogen (secondary N) is 1. The van der Waals surface area contributed by atoms with E-state index in [1.807, 2.05) is 6.07 Å². The van der Waals surface area contributed by atoms with Gasteiger partial charge < -0.3 is 0 Å². The maximum Gasteiger partial charge on any atom is 0.240 e. The maximum atomic E-state index is 12.1. The number of primary sulfonamides is 1. The molecule has 9 heteroatoms. The molecule has 0 saturated carbocycles. The first-order chi connectivity index (χ1) is 10.3. The standard InChI is InChI=1S/C13H15N3O4S2/c14-21(17,18)12-4-1-5-13(9-12)22(19,20)16-8-6-11-3-2-7-15-10-11/h1-5,7,9-10,16H,6,8H2,(H2,14,17,18). The average Bonchev–Trinajstić information content (AvgIpc) is 2.47. The molecule has 1 aromatic carbocycles. The highest BCUT2D eigenvalue weighted by Crippen LogP contribution is 2.14. The van der Waals surface area contributed by atoms with Crippen LogP contribution in [0.4, 0.5) is 0 Å². The van der Waals surface area contributed by atoms with Crippen molar-refractivity contribution < 1.29 is 16.8 Å². The molecule has 1 heterocycles. The van der Waals surface area contributed by atoms with Crippen molar-refractivity contribution in [3.63, 3.8) is 0 Å². The van der Waals surface area contributed by atoms with E-state index < -0.39 is 20.0 Å². The lowest BCUT2D eigenvalue weighted by molar-refractivity contribution is 0.581. The molecule has 1 aromatic heterocycles. The van der Waals surface area contributed by atoms with Crippen molar-refractivity contribution in [1.29, 1.82) is 0 Å². The number of nitrogens with two attached hydrogens (primary N) is 1. The molecule has 2 rings (SSSR count). The second-order valence-corrected chi connectivity index (χ2v) is 7.86. The van der Waals surface area contributed by atoms with E-state index in [0.29, 0.717) is 6.42 Å². The van der Waals surface area contributed by atoms with Crippen LogP contribution in [-0.2, 0) is 26.5 Å². The van der Waals surface area contributed by atoms with Crippen molar-refractivity contribution in [1.82, 2.24) is 9.71 Å². The summed E-state index contributed by atoms with van der Waals surface area (Å²) in [6.45, 7) is 0.174. The summed E-state index contributed by atoms with van der Waals surface area (Å²) < 4.78 is 49.2. The second kappa shape index (κ2) is 6.53. The summed E-state index contributed by atoms with van der Waals surface area (Å²) in [7, 11) is -7.75. The van der Waals surface area contributed by atoms with E-state index in [2.05, 4.69) is 9.71 Å². The fraction of sp³-hybridized carbons (Fsp3) is 0.154. The number of sulfonamides is 2. The Morgan fingerprint density at radius 2 is 1.77 bits per heavy atom. The van der Waals surface area contributed by atoms with Gasteiger partial charge >= 0.3 is 0 Å². The molecule has 0 aliphatic heterocycles. The summed E-state index contributed by atoms with van der Waals surface area (Å²) in [5.41, 5.74) is 0.892. The van der Waals surface area contributed by atoms with Gasteiger partial charge in [-0.3, -0.25) is 4.98 Å². The zero-order chi connectivity index (χ0) is 16.2. The van der Waals surface area contributed by atoms with Gasteiger partial charge in [0.05, 0.1) is 9.79 Å². The molecule has 0 bridgehead atoms. The molecule has 22 heavy (non-hydrogen) atoms. The van der Waals surface area contributed by atoms with E-state index in [0.717, 1.165) is 11.6 Å². The fourth-order valence-electron chi connectivity index (χ4n) is 1.78. The van der Waals surface area contributed by atoms with Crippen LogP contribution < -0.4 is 9.86 Å². The van der Waals surface area contributed by atoms with Crippen LogP contribution in [-0.4, -0.2) is 28.4 Å². The van der Waals surface area contributed by atoms with Gasteiger partial charge in [-0.2, -0.15) is 0 Å². The molecule has 0 amide bonds. The number of nitrogens with zero attached hydrogens (tertiary/aromatic N) is 1.